The molecule has 2 aromatic carbocycles. The molecule has 8 heteroatoms. The van der Waals surface area contributed by atoms with Crippen LogP contribution in [0.1, 0.15) is 18.5 Å². The van der Waals surface area contributed by atoms with Gasteiger partial charge in [-0.05, 0) is 49.9 Å². The third kappa shape index (κ3) is 4.86. The molecule has 1 heterocycles. The van der Waals surface area contributed by atoms with Gasteiger partial charge < -0.3 is 5.32 Å². The van der Waals surface area contributed by atoms with Crippen LogP contribution in [0.4, 0.5) is 5.69 Å². The number of benzene rings is 2. The van der Waals surface area contributed by atoms with E-state index in [2.05, 4.69) is 15.4 Å². The van der Waals surface area contributed by atoms with E-state index in [1.807, 2.05) is 43.1 Å². The molecule has 0 saturated heterocycles. The second kappa shape index (κ2) is 8.52. The summed E-state index contributed by atoms with van der Waals surface area (Å²) < 4.78 is 1.70. The third-order valence-corrected chi connectivity index (χ3v) is 4.87. The number of carbonyl (C=O) groups excluding carboxylic acids is 1. The smallest absolute Gasteiger partial charge is 0.238 e. The van der Waals surface area contributed by atoms with E-state index in [0.29, 0.717) is 15.7 Å². The molecule has 1 aromatic heterocycles. The summed E-state index contributed by atoms with van der Waals surface area (Å²) in [4.78, 5) is 18.2. The molecule has 140 valence electrons. The Morgan fingerprint density at radius 1 is 1.22 bits per heavy atom. The minimum Gasteiger partial charge on any atom is -0.324 e. The van der Waals surface area contributed by atoms with Crippen molar-refractivity contribution in [3.63, 3.8) is 0 Å². The van der Waals surface area contributed by atoms with E-state index in [1.165, 1.54) is 6.33 Å². The maximum Gasteiger partial charge on any atom is 0.238 e. The van der Waals surface area contributed by atoms with Crippen LogP contribution in [0.25, 0.3) is 5.69 Å². The molecule has 0 radical (unpaired) electrons. The lowest BCUT2D eigenvalue weighted by Crippen LogP contribution is -2.32. The number of amides is 1. The van der Waals surface area contributed by atoms with Gasteiger partial charge in [-0.25, -0.2) is 9.67 Å². The van der Waals surface area contributed by atoms with Crippen molar-refractivity contribution in [1.82, 2.24) is 19.7 Å². The summed E-state index contributed by atoms with van der Waals surface area (Å²) in [5.74, 6) is -0.146. The zero-order valence-electron chi connectivity index (χ0n) is 14.9. The zero-order chi connectivity index (χ0) is 19.4. The van der Waals surface area contributed by atoms with Gasteiger partial charge >= 0.3 is 0 Å². The first-order chi connectivity index (χ1) is 12.9. The van der Waals surface area contributed by atoms with Gasteiger partial charge in [0.05, 0.1) is 22.9 Å². The Morgan fingerprint density at radius 3 is 2.59 bits per heavy atom. The molecule has 0 aliphatic rings. The molecule has 0 aliphatic carbocycles. The maximum absolute atomic E-state index is 12.3. The van der Waals surface area contributed by atoms with E-state index < -0.39 is 0 Å². The van der Waals surface area contributed by atoms with Crippen LogP contribution >= 0.6 is 23.2 Å². The van der Waals surface area contributed by atoms with E-state index in [9.17, 15) is 4.79 Å². The van der Waals surface area contributed by atoms with E-state index in [-0.39, 0.29) is 18.5 Å². The standard InChI is InChI=1S/C19H19Cl2N5O/c1-13(14-3-6-16(7-4-14)26-12-22-11-23-26)25(2)10-19(27)24-18-8-5-15(20)9-17(18)21/h3-9,11-13H,10H2,1-2H3,(H,24,27). The minimum absolute atomic E-state index is 0.0567. The van der Waals surface area contributed by atoms with E-state index in [0.717, 1.165) is 11.3 Å². The molecule has 0 fully saturated rings. The van der Waals surface area contributed by atoms with Gasteiger partial charge in [0.15, 0.2) is 0 Å². The second-order valence-corrected chi connectivity index (χ2v) is 7.04. The third-order valence-electron chi connectivity index (χ3n) is 4.32. The first-order valence-electron chi connectivity index (χ1n) is 8.34. The maximum atomic E-state index is 12.3. The first-order valence-corrected chi connectivity index (χ1v) is 9.10. The number of carbonyl (C=O) groups is 1. The molecule has 1 amide bonds. The Hall–Kier alpha value is -2.41. The van der Waals surface area contributed by atoms with Gasteiger partial charge in [0.2, 0.25) is 5.91 Å². The molecule has 0 bridgehead atoms. The quantitative estimate of drug-likeness (QED) is 0.669. The van der Waals surface area contributed by atoms with E-state index >= 15 is 0 Å². The molecule has 1 N–H and O–H groups in total. The van der Waals surface area contributed by atoms with Gasteiger partial charge in [-0.15, -0.1) is 0 Å². The van der Waals surface area contributed by atoms with Gasteiger partial charge in [-0.2, -0.15) is 5.10 Å². The number of hydrogen-bond donors (Lipinski definition) is 1. The number of nitrogens with zero attached hydrogens (tertiary/aromatic N) is 4. The predicted octanol–water partition coefficient (Wildman–Crippen LogP) is 4.21. The summed E-state index contributed by atoms with van der Waals surface area (Å²) in [5, 5.41) is 7.86. The zero-order valence-corrected chi connectivity index (χ0v) is 16.4. The highest BCUT2D eigenvalue weighted by atomic mass is 35.5. The molecule has 1 unspecified atom stereocenters. The van der Waals surface area contributed by atoms with Crippen molar-refractivity contribution < 1.29 is 4.79 Å². The number of likely N-dealkylation sites (N-methyl/N-ethyl adjacent to an activating group) is 1. The summed E-state index contributed by atoms with van der Waals surface area (Å²) in [5.41, 5.74) is 2.57. The van der Waals surface area contributed by atoms with Crippen LogP contribution in [0.3, 0.4) is 0 Å². The summed E-state index contributed by atoms with van der Waals surface area (Å²) in [6, 6.07) is 13.0. The lowest BCUT2D eigenvalue weighted by Gasteiger charge is -2.24. The topological polar surface area (TPSA) is 63.1 Å². The number of halogens is 2. The van der Waals surface area contributed by atoms with Gasteiger partial charge in [-0.3, -0.25) is 9.69 Å². The molecule has 3 aromatic rings. The number of rotatable bonds is 6. The average molecular weight is 404 g/mol. The van der Waals surface area contributed by atoms with Crippen LogP contribution in [0.5, 0.6) is 0 Å². The molecule has 0 spiro atoms. The van der Waals surface area contributed by atoms with Crippen molar-refractivity contribution in [3.05, 3.63) is 70.7 Å². The van der Waals surface area contributed by atoms with Crippen LogP contribution in [0, 0.1) is 0 Å². The van der Waals surface area contributed by atoms with Crippen molar-refractivity contribution in [2.24, 2.45) is 0 Å². The van der Waals surface area contributed by atoms with Gasteiger partial charge in [-0.1, -0.05) is 35.3 Å². The fraction of sp³-hybridized carbons (Fsp3) is 0.211. The highest BCUT2D eigenvalue weighted by Crippen LogP contribution is 2.25. The SMILES string of the molecule is CC(c1ccc(-n2cncn2)cc1)N(C)CC(=O)Nc1ccc(Cl)cc1Cl. The largest absolute Gasteiger partial charge is 0.324 e. The Morgan fingerprint density at radius 2 is 1.96 bits per heavy atom. The Kier molecular flexibility index (Phi) is 6.11. The van der Waals surface area contributed by atoms with Crippen molar-refractivity contribution in [2.75, 3.05) is 18.9 Å². The van der Waals surface area contributed by atoms with Crippen LogP contribution in [-0.2, 0) is 4.79 Å². The molecule has 1 atom stereocenters. The summed E-state index contributed by atoms with van der Waals surface area (Å²) in [7, 11) is 1.90. The average Bonchev–Trinajstić information content (AvgIpc) is 3.18. The Labute approximate surface area is 167 Å². The lowest BCUT2D eigenvalue weighted by atomic mass is 10.1. The van der Waals surface area contributed by atoms with Gasteiger partial charge in [0, 0.05) is 11.1 Å². The molecule has 27 heavy (non-hydrogen) atoms. The van der Waals surface area contributed by atoms with Crippen molar-refractivity contribution in [2.45, 2.75) is 13.0 Å². The van der Waals surface area contributed by atoms with Crippen molar-refractivity contribution >= 4 is 34.8 Å². The van der Waals surface area contributed by atoms with Gasteiger partial charge in [0.1, 0.15) is 12.7 Å². The molecular formula is C19H19Cl2N5O. The minimum atomic E-state index is -0.146. The highest BCUT2D eigenvalue weighted by Gasteiger charge is 2.16. The van der Waals surface area contributed by atoms with Crippen molar-refractivity contribution in [3.8, 4) is 5.69 Å². The van der Waals surface area contributed by atoms with Crippen LogP contribution < -0.4 is 5.32 Å². The number of hydrogen-bond acceptors (Lipinski definition) is 4. The van der Waals surface area contributed by atoms with Crippen molar-refractivity contribution in [1.29, 1.82) is 0 Å². The van der Waals surface area contributed by atoms with E-state index in [1.54, 1.807) is 29.2 Å². The van der Waals surface area contributed by atoms with Gasteiger partial charge in [0.25, 0.3) is 0 Å². The number of nitrogens with one attached hydrogen (secondary N) is 1. The second-order valence-electron chi connectivity index (χ2n) is 6.20. The Balaban J connectivity index is 1.61. The number of aromatic nitrogens is 3. The molecule has 0 saturated carbocycles. The van der Waals surface area contributed by atoms with E-state index in [4.69, 9.17) is 23.2 Å². The summed E-state index contributed by atoms with van der Waals surface area (Å²) in [6.07, 6.45) is 3.15. The van der Waals surface area contributed by atoms with Crippen LogP contribution in [0.2, 0.25) is 10.0 Å². The molecular weight excluding hydrogens is 385 g/mol. The predicted molar refractivity (Wildman–Crippen MR) is 107 cm³/mol. The molecule has 6 nitrogen and oxygen atoms in total. The Bertz CT molecular complexity index is 912. The fourth-order valence-electron chi connectivity index (χ4n) is 2.65. The summed E-state index contributed by atoms with van der Waals surface area (Å²) >= 11 is 12.0. The number of anilines is 1. The molecule has 0 aliphatic heterocycles. The van der Waals surface area contributed by atoms with Crippen LogP contribution in [0.15, 0.2) is 55.1 Å². The summed E-state index contributed by atoms with van der Waals surface area (Å²) in [6.45, 7) is 2.28. The first kappa shape index (κ1) is 19.4. The highest BCUT2D eigenvalue weighted by molar-refractivity contribution is 6.36. The fourth-order valence-corrected chi connectivity index (χ4v) is 3.10. The monoisotopic (exact) mass is 403 g/mol. The van der Waals surface area contributed by atoms with Crippen LogP contribution in [-0.4, -0.2) is 39.2 Å². The normalized spacial score (nSPS) is 12.2. The molecule has 3 rings (SSSR count). The lowest BCUT2D eigenvalue weighted by molar-refractivity contribution is -0.117.